The van der Waals surface area contributed by atoms with Crippen LogP contribution in [0.25, 0.3) is 0 Å². The van der Waals surface area contributed by atoms with Gasteiger partial charge in [0.05, 0.1) is 13.7 Å². The zero-order valence-electron chi connectivity index (χ0n) is 15.3. The molecule has 2 aromatic rings. The average Bonchev–Trinajstić information content (AvgIpc) is 2.65. The van der Waals surface area contributed by atoms with E-state index < -0.39 is 0 Å². The third kappa shape index (κ3) is 6.16. The Bertz CT molecular complexity index is 725. The van der Waals surface area contributed by atoms with Gasteiger partial charge in [-0.15, -0.1) is 6.58 Å². The van der Waals surface area contributed by atoms with Crippen LogP contribution >= 0.6 is 0 Å². The van der Waals surface area contributed by atoms with E-state index in [1.807, 2.05) is 49.4 Å². The molecule has 0 radical (unpaired) electrons. The Balaban J connectivity index is 1.72. The second kappa shape index (κ2) is 10.1. The molecule has 5 nitrogen and oxygen atoms in total. The van der Waals surface area contributed by atoms with Crippen molar-refractivity contribution in [3.05, 3.63) is 66.2 Å². The number of carbonyl (C=O) groups excluding carboxylic acids is 1. The molecule has 0 unspecified atom stereocenters. The highest BCUT2D eigenvalue weighted by Crippen LogP contribution is 2.28. The minimum atomic E-state index is -0.213. The summed E-state index contributed by atoms with van der Waals surface area (Å²) in [4.78, 5) is 11.9. The summed E-state index contributed by atoms with van der Waals surface area (Å²) in [6, 6.07) is 13.4. The van der Waals surface area contributed by atoms with E-state index in [9.17, 15) is 4.79 Å². The SMILES string of the molecule is C=CCc1ccc(OCC(=O)NCCOc2ccc(C)cc2)c(OC)c1. The van der Waals surface area contributed by atoms with Crippen molar-refractivity contribution in [3.63, 3.8) is 0 Å². The fourth-order valence-electron chi connectivity index (χ4n) is 2.31. The normalized spacial score (nSPS) is 10.1. The molecule has 138 valence electrons. The van der Waals surface area contributed by atoms with Gasteiger partial charge in [0.2, 0.25) is 0 Å². The average molecular weight is 355 g/mol. The molecular formula is C21H25NO4. The summed E-state index contributed by atoms with van der Waals surface area (Å²) in [5.74, 6) is 1.70. The Labute approximate surface area is 154 Å². The third-order valence-electron chi connectivity index (χ3n) is 3.68. The smallest absolute Gasteiger partial charge is 0.258 e. The van der Waals surface area contributed by atoms with Crippen LogP contribution in [-0.4, -0.2) is 32.8 Å². The Kier molecular flexibility index (Phi) is 7.55. The van der Waals surface area contributed by atoms with E-state index in [0.29, 0.717) is 24.7 Å². The van der Waals surface area contributed by atoms with Crippen LogP contribution < -0.4 is 19.5 Å². The van der Waals surface area contributed by atoms with Crippen LogP contribution in [0, 0.1) is 6.92 Å². The molecule has 0 aliphatic rings. The lowest BCUT2D eigenvalue weighted by molar-refractivity contribution is -0.123. The number of carbonyl (C=O) groups is 1. The number of ether oxygens (including phenoxy) is 3. The predicted molar refractivity (Wildman–Crippen MR) is 102 cm³/mol. The molecule has 0 atom stereocenters. The molecule has 2 aromatic carbocycles. The molecule has 0 saturated heterocycles. The van der Waals surface area contributed by atoms with Gasteiger partial charge < -0.3 is 19.5 Å². The van der Waals surface area contributed by atoms with Gasteiger partial charge in [-0.05, 0) is 43.2 Å². The van der Waals surface area contributed by atoms with Gasteiger partial charge in [0.15, 0.2) is 18.1 Å². The summed E-state index contributed by atoms with van der Waals surface area (Å²) in [6.07, 6.45) is 2.57. The molecule has 0 bridgehead atoms. The molecule has 0 aliphatic carbocycles. The zero-order valence-corrected chi connectivity index (χ0v) is 15.3. The number of hydrogen-bond acceptors (Lipinski definition) is 4. The lowest BCUT2D eigenvalue weighted by atomic mass is 10.1. The molecule has 5 heteroatoms. The summed E-state index contributed by atoms with van der Waals surface area (Å²) >= 11 is 0. The minimum Gasteiger partial charge on any atom is -0.493 e. The van der Waals surface area contributed by atoms with Crippen LogP contribution in [0.3, 0.4) is 0 Å². The molecule has 0 heterocycles. The number of nitrogens with one attached hydrogen (secondary N) is 1. The van der Waals surface area contributed by atoms with E-state index in [1.54, 1.807) is 13.2 Å². The second-order valence-corrected chi connectivity index (χ2v) is 5.78. The van der Waals surface area contributed by atoms with E-state index >= 15 is 0 Å². The maximum absolute atomic E-state index is 11.9. The monoisotopic (exact) mass is 355 g/mol. The summed E-state index contributed by atoms with van der Waals surface area (Å²) in [6.45, 7) is 6.46. The maximum atomic E-state index is 11.9. The Morgan fingerprint density at radius 1 is 1.12 bits per heavy atom. The standard InChI is InChI=1S/C21H25NO4/c1-4-5-17-8-11-19(20(14-17)24-3)26-15-21(23)22-12-13-25-18-9-6-16(2)7-10-18/h4,6-11,14H,1,5,12-13,15H2,2-3H3,(H,22,23). The number of hydrogen-bond donors (Lipinski definition) is 1. The van der Waals surface area contributed by atoms with Crippen LogP contribution in [0.2, 0.25) is 0 Å². The number of amides is 1. The van der Waals surface area contributed by atoms with Crippen LogP contribution in [0.1, 0.15) is 11.1 Å². The van der Waals surface area contributed by atoms with E-state index in [1.165, 1.54) is 5.56 Å². The molecule has 1 amide bonds. The van der Waals surface area contributed by atoms with Gasteiger partial charge in [0, 0.05) is 0 Å². The van der Waals surface area contributed by atoms with Gasteiger partial charge in [-0.25, -0.2) is 0 Å². The van der Waals surface area contributed by atoms with Crippen LogP contribution in [0.5, 0.6) is 17.2 Å². The maximum Gasteiger partial charge on any atom is 0.258 e. The fourth-order valence-corrected chi connectivity index (χ4v) is 2.31. The molecular weight excluding hydrogens is 330 g/mol. The van der Waals surface area contributed by atoms with Crippen molar-refractivity contribution in [3.8, 4) is 17.2 Å². The molecule has 0 aliphatic heterocycles. The minimum absolute atomic E-state index is 0.0817. The first-order chi connectivity index (χ1) is 12.6. The van der Waals surface area contributed by atoms with Crippen LogP contribution in [-0.2, 0) is 11.2 Å². The van der Waals surface area contributed by atoms with E-state index in [0.717, 1.165) is 17.7 Å². The summed E-state index contributed by atoms with van der Waals surface area (Å²) in [5.41, 5.74) is 2.25. The van der Waals surface area contributed by atoms with Crippen molar-refractivity contribution in [2.75, 3.05) is 26.9 Å². The third-order valence-corrected chi connectivity index (χ3v) is 3.68. The van der Waals surface area contributed by atoms with Crippen molar-refractivity contribution in [2.24, 2.45) is 0 Å². The van der Waals surface area contributed by atoms with Crippen molar-refractivity contribution >= 4 is 5.91 Å². The molecule has 0 aromatic heterocycles. The molecule has 0 spiro atoms. The topological polar surface area (TPSA) is 56.8 Å². The number of allylic oxidation sites excluding steroid dienone is 1. The number of methoxy groups -OCH3 is 1. The van der Waals surface area contributed by atoms with Crippen molar-refractivity contribution in [2.45, 2.75) is 13.3 Å². The highest BCUT2D eigenvalue weighted by molar-refractivity contribution is 5.77. The van der Waals surface area contributed by atoms with Crippen molar-refractivity contribution < 1.29 is 19.0 Å². The van der Waals surface area contributed by atoms with E-state index in [-0.39, 0.29) is 12.5 Å². The molecule has 2 rings (SSSR count). The fraction of sp³-hybridized carbons (Fsp3) is 0.286. The first-order valence-corrected chi connectivity index (χ1v) is 8.49. The second-order valence-electron chi connectivity index (χ2n) is 5.78. The van der Waals surface area contributed by atoms with Gasteiger partial charge in [-0.1, -0.05) is 29.8 Å². The van der Waals surface area contributed by atoms with E-state index in [4.69, 9.17) is 14.2 Å². The van der Waals surface area contributed by atoms with Crippen molar-refractivity contribution in [1.82, 2.24) is 5.32 Å². The summed E-state index contributed by atoms with van der Waals surface area (Å²) in [7, 11) is 1.57. The lowest BCUT2D eigenvalue weighted by Crippen LogP contribution is -2.32. The van der Waals surface area contributed by atoms with E-state index in [2.05, 4.69) is 11.9 Å². The number of aryl methyl sites for hydroxylation is 1. The first-order valence-electron chi connectivity index (χ1n) is 8.49. The molecule has 26 heavy (non-hydrogen) atoms. The predicted octanol–water partition coefficient (Wildman–Crippen LogP) is 3.31. The summed E-state index contributed by atoms with van der Waals surface area (Å²) < 4.78 is 16.4. The van der Waals surface area contributed by atoms with Gasteiger partial charge >= 0.3 is 0 Å². The summed E-state index contributed by atoms with van der Waals surface area (Å²) in [5, 5.41) is 2.76. The number of rotatable bonds is 10. The van der Waals surface area contributed by atoms with Gasteiger partial charge in [-0.2, -0.15) is 0 Å². The lowest BCUT2D eigenvalue weighted by Gasteiger charge is -2.12. The molecule has 0 fully saturated rings. The Morgan fingerprint density at radius 3 is 2.58 bits per heavy atom. The van der Waals surface area contributed by atoms with Gasteiger partial charge in [0.1, 0.15) is 12.4 Å². The number of benzene rings is 2. The molecule has 0 saturated carbocycles. The first kappa shape index (κ1) is 19.4. The van der Waals surface area contributed by atoms with Gasteiger partial charge in [0.25, 0.3) is 5.91 Å². The van der Waals surface area contributed by atoms with Gasteiger partial charge in [-0.3, -0.25) is 4.79 Å². The molecule has 1 N–H and O–H groups in total. The highest BCUT2D eigenvalue weighted by atomic mass is 16.5. The Morgan fingerprint density at radius 2 is 1.88 bits per heavy atom. The zero-order chi connectivity index (χ0) is 18.8. The quantitative estimate of drug-likeness (QED) is 0.525. The van der Waals surface area contributed by atoms with Crippen molar-refractivity contribution in [1.29, 1.82) is 0 Å². The van der Waals surface area contributed by atoms with Crippen LogP contribution in [0.15, 0.2) is 55.1 Å². The Hall–Kier alpha value is -2.95. The highest BCUT2D eigenvalue weighted by Gasteiger charge is 2.08. The largest absolute Gasteiger partial charge is 0.493 e. The van der Waals surface area contributed by atoms with Crippen LogP contribution in [0.4, 0.5) is 0 Å².